The van der Waals surface area contributed by atoms with Gasteiger partial charge in [-0.25, -0.2) is 0 Å². The van der Waals surface area contributed by atoms with Gasteiger partial charge in [0, 0.05) is 6.07 Å². The molecule has 66 valence electrons. The topological polar surface area (TPSA) is 72.6 Å². The zero-order valence-electron chi connectivity index (χ0n) is 8.35. The molecule has 0 bridgehead atoms. The molecular formula is C7H8KNO4. The van der Waals surface area contributed by atoms with Crippen LogP contribution in [0.15, 0.2) is 18.2 Å². The fourth-order valence-corrected chi connectivity index (χ4v) is 0.780. The quantitative estimate of drug-likeness (QED) is 0.363. The summed E-state index contributed by atoms with van der Waals surface area (Å²) < 4.78 is 4.68. The first kappa shape index (κ1) is 12.9. The van der Waals surface area contributed by atoms with Gasteiger partial charge in [-0.15, -0.1) is 0 Å². The van der Waals surface area contributed by atoms with E-state index in [4.69, 9.17) is 5.11 Å². The molecule has 0 unspecified atom stereocenters. The first-order valence-corrected chi connectivity index (χ1v) is 3.16. The van der Waals surface area contributed by atoms with Crippen molar-refractivity contribution in [2.75, 3.05) is 7.11 Å². The Morgan fingerprint density at radius 1 is 1.62 bits per heavy atom. The van der Waals surface area contributed by atoms with Crippen LogP contribution in [0.5, 0.6) is 11.5 Å². The van der Waals surface area contributed by atoms with Crippen molar-refractivity contribution < 1.29 is 67.6 Å². The number of nitrogens with zero attached hydrogens (tertiary/aromatic N) is 1. The van der Waals surface area contributed by atoms with Crippen LogP contribution in [0.25, 0.3) is 0 Å². The van der Waals surface area contributed by atoms with Crippen LogP contribution >= 0.6 is 0 Å². The summed E-state index contributed by atoms with van der Waals surface area (Å²) in [6, 6.07) is 3.59. The summed E-state index contributed by atoms with van der Waals surface area (Å²) in [5.74, 6) is -0.00713. The number of nitro groups is 1. The standard InChI is InChI=1S/C7H7NO4.K.H/c1-12-7-4-5(8(10)11)2-3-6(7)9;;/h2-4,9H,1H3;;/q;+1;-1. The second-order valence-corrected chi connectivity index (χ2v) is 2.11. The van der Waals surface area contributed by atoms with E-state index >= 15 is 0 Å². The molecule has 0 saturated heterocycles. The Hall–Kier alpha value is -0.144. The van der Waals surface area contributed by atoms with Crippen molar-refractivity contribution in [3.63, 3.8) is 0 Å². The minimum atomic E-state index is -0.554. The number of hydrogen-bond acceptors (Lipinski definition) is 4. The summed E-state index contributed by atoms with van der Waals surface area (Å²) in [6.07, 6.45) is 0. The number of aromatic hydroxyl groups is 1. The molecule has 0 aliphatic carbocycles. The maximum atomic E-state index is 10.2. The van der Waals surface area contributed by atoms with Crippen LogP contribution < -0.4 is 56.1 Å². The van der Waals surface area contributed by atoms with Gasteiger partial charge in [0.2, 0.25) is 0 Å². The number of non-ortho nitro benzene ring substituents is 1. The molecule has 0 radical (unpaired) electrons. The van der Waals surface area contributed by atoms with Gasteiger partial charge in [-0.2, -0.15) is 0 Å². The Morgan fingerprint density at radius 2 is 2.23 bits per heavy atom. The monoisotopic (exact) mass is 209 g/mol. The number of nitro benzene ring substituents is 1. The van der Waals surface area contributed by atoms with E-state index in [1.165, 1.54) is 19.2 Å². The zero-order chi connectivity index (χ0) is 9.14. The van der Waals surface area contributed by atoms with E-state index in [0.717, 1.165) is 6.07 Å². The Morgan fingerprint density at radius 3 is 2.69 bits per heavy atom. The van der Waals surface area contributed by atoms with Crippen molar-refractivity contribution in [2.45, 2.75) is 0 Å². The molecular weight excluding hydrogens is 201 g/mol. The van der Waals surface area contributed by atoms with E-state index in [9.17, 15) is 10.1 Å². The van der Waals surface area contributed by atoms with Crippen LogP contribution in [0.2, 0.25) is 0 Å². The van der Waals surface area contributed by atoms with Crippen molar-refractivity contribution in [1.82, 2.24) is 0 Å². The minimum Gasteiger partial charge on any atom is -1.00 e. The van der Waals surface area contributed by atoms with Gasteiger partial charge in [0.15, 0.2) is 11.5 Å². The number of hydrogen-bond donors (Lipinski definition) is 1. The Kier molecular flexibility index (Phi) is 5.50. The first-order valence-electron chi connectivity index (χ1n) is 3.16. The molecule has 5 nitrogen and oxygen atoms in total. The molecule has 0 spiro atoms. The van der Waals surface area contributed by atoms with Crippen LogP contribution in [0.1, 0.15) is 1.43 Å². The summed E-state index contributed by atoms with van der Waals surface area (Å²) in [5.41, 5.74) is -0.107. The van der Waals surface area contributed by atoms with Crippen LogP contribution in [-0.4, -0.2) is 17.1 Å². The summed E-state index contributed by atoms with van der Waals surface area (Å²) in [5, 5.41) is 19.3. The Balaban J connectivity index is 0. The summed E-state index contributed by atoms with van der Waals surface area (Å²) >= 11 is 0. The normalized spacial score (nSPS) is 8.69. The maximum Gasteiger partial charge on any atom is 1.00 e. The fourth-order valence-electron chi connectivity index (χ4n) is 0.780. The van der Waals surface area contributed by atoms with E-state index in [1.807, 2.05) is 0 Å². The van der Waals surface area contributed by atoms with Crippen molar-refractivity contribution in [1.29, 1.82) is 0 Å². The zero-order valence-corrected chi connectivity index (χ0v) is 10.5. The maximum absolute atomic E-state index is 10.2. The molecule has 1 N–H and O–H groups in total. The van der Waals surface area contributed by atoms with Crippen LogP contribution in [0.3, 0.4) is 0 Å². The molecule has 6 heteroatoms. The van der Waals surface area contributed by atoms with Crippen LogP contribution in [0.4, 0.5) is 5.69 Å². The number of benzene rings is 1. The van der Waals surface area contributed by atoms with E-state index in [1.54, 1.807) is 0 Å². The van der Waals surface area contributed by atoms with Gasteiger partial charge in [0.1, 0.15) is 0 Å². The average molecular weight is 209 g/mol. The number of phenols is 1. The van der Waals surface area contributed by atoms with Gasteiger partial charge in [0.05, 0.1) is 18.1 Å². The summed E-state index contributed by atoms with van der Waals surface area (Å²) in [7, 11) is 1.33. The van der Waals surface area contributed by atoms with E-state index in [-0.39, 0.29) is 70.0 Å². The summed E-state index contributed by atoms with van der Waals surface area (Å²) in [6.45, 7) is 0. The molecule has 1 aromatic rings. The Bertz CT molecular complexity index is 321. The molecule has 0 aromatic heterocycles. The molecule has 13 heavy (non-hydrogen) atoms. The van der Waals surface area contributed by atoms with E-state index in [0.29, 0.717) is 0 Å². The van der Waals surface area contributed by atoms with Gasteiger partial charge < -0.3 is 11.3 Å². The average Bonchev–Trinajstić information content (AvgIpc) is 2.05. The van der Waals surface area contributed by atoms with Crippen molar-refractivity contribution >= 4 is 5.69 Å². The molecule has 1 aromatic carbocycles. The van der Waals surface area contributed by atoms with E-state index in [2.05, 4.69) is 4.74 Å². The minimum absolute atomic E-state index is 0. The molecule has 1 rings (SSSR count). The van der Waals surface area contributed by atoms with Crippen LogP contribution in [-0.2, 0) is 0 Å². The van der Waals surface area contributed by atoms with Gasteiger partial charge in [-0.05, 0) is 6.07 Å². The predicted octanol–water partition coefficient (Wildman–Crippen LogP) is -1.57. The van der Waals surface area contributed by atoms with Gasteiger partial charge in [0.25, 0.3) is 5.69 Å². The number of phenolic OH excluding ortho intramolecular Hbond substituents is 1. The molecule has 0 atom stereocenters. The van der Waals surface area contributed by atoms with Crippen molar-refractivity contribution in [3.8, 4) is 11.5 Å². The van der Waals surface area contributed by atoms with Gasteiger partial charge in [-0.3, -0.25) is 10.1 Å². The van der Waals surface area contributed by atoms with Crippen molar-refractivity contribution in [2.24, 2.45) is 0 Å². The number of methoxy groups -OCH3 is 1. The SMILES string of the molecule is COc1cc([N+](=O)[O-])ccc1O.[H-].[K+]. The molecule has 0 amide bonds. The van der Waals surface area contributed by atoms with Gasteiger partial charge in [-0.1, -0.05) is 0 Å². The smallest absolute Gasteiger partial charge is 1.00 e. The van der Waals surface area contributed by atoms with Crippen LogP contribution in [0, 0.1) is 10.1 Å². The summed E-state index contributed by atoms with van der Waals surface area (Å²) in [4.78, 5) is 9.70. The molecule has 0 fully saturated rings. The van der Waals surface area contributed by atoms with Gasteiger partial charge >= 0.3 is 51.4 Å². The number of rotatable bonds is 2. The second-order valence-electron chi connectivity index (χ2n) is 2.11. The molecule has 0 saturated carbocycles. The second kappa shape index (κ2) is 5.56. The third-order valence-corrected chi connectivity index (χ3v) is 1.37. The largest absolute Gasteiger partial charge is 1.00 e. The number of ether oxygens (including phenoxy) is 1. The fraction of sp³-hybridized carbons (Fsp3) is 0.143. The first-order chi connectivity index (χ1) is 5.65. The predicted molar refractivity (Wildman–Crippen MR) is 42.4 cm³/mol. The molecule has 0 heterocycles. The molecule has 0 aliphatic rings. The van der Waals surface area contributed by atoms with E-state index < -0.39 is 4.92 Å². The third-order valence-electron chi connectivity index (χ3n) is 1.37. The molecule has 0 aliphatic heterocycles. The third kappa shape index (κ3) is 3.24. The Labute approximate surface area is 119 Å². The van der Waals surface area contributed by atoms with Crippen molar-refractivity contribution in [3.05, 3.63) is 28.3 Å².